The largest absolute Gasteiger partial charge is 0.465 e. The predicted octanol–water partition coefficient (Wildman–Crippen LogP) is 2.71. The number of hydrogen-bond acceptors (Lipinski definition) is 3. The molecule has 0 saturated heterocycles. The molecular weight excluding hydrogens is 178 g/mol. The fourth-order valence-corrected chi connectivity index (χ4v) is 1.62. The van der Waals surface area contributed by atoms with Crippen molar-refractivity contribution in [1.82, 2.24) is 5.48 Å². The van der Waals surface area contributed by atoms with Crippen LogP contribution in [0.15, 0.2) is 40.2 Å². The second-order valence-corrected chi connectivity index (χ2v) is 3.31. The van der Waals surface area contributed by atoms with E-state index < -0.39 is 0 Å². The highest BCUT2D eigenvalue weighted by Gasteiger charge is 2.09. The summed E-state index contributed by atoms with van der Waals surface area (Å²) in [6, 6.07) is 3.75. The lowest BCUT2D eigenvalue weighted by atomic mass is 9.98. The molecule has 2 N–H and O–H groups in total. The van der Waals surface area contributed by atoms with E-state index in [0.717, 1.165) is 36.3 Å². The second-order valence-electron chi connectivity index (χ2n) is 3.31. The quantitative estimate of drug-likeness (QED) is 0.706. The summed E-state index contributed by atoms with van der Waals surface area (Å²) >= 11 is 0. The van der Waals surface area contributed by atoms with Gasteiger partial charge in [0.15, 0.2) is 0 Å². The van der Waals surface area contributed by atoms with Crippen molar-refractivity contribution >= 4 is 6.08 Å². The molecule has 1 aliphatic carbocycles. The molecule has 0 radical (unpaired) electrons. The van der Waals surface area contributed by atoms with Crippen molar-refractivity contribution in [3.63, 3.8) is 0 Å². The lowest BCUT2D eigenvalue weighted by molar-refractivity contribution is 0.201. The van der Waals surface area contributed by atoms with Gasteiger partial charge in [0.25, 0.3) is 0 Å². The average Bonchev–Trinajstić information content (AvgIpc) is 2.71. The maximum Gasteiger partial charge on any atom is 0.126 e. The topological polar surface area (TPSA) is 45.4 Å². The third-order valence-electron chi connectivity index (χ3n) is 2.32. The number of rotatable bonds is 2. The molecule has 1 aliphatic rings. The monoisotopic (exact) mass is 191 g/mol. The van der Waals surface area contributed by atoms with E-state index >= 15 is 0 Å². The fraction of sp³-hybridized carbons (Fsp3) is 0.273. The van der Waals surface area contributed by atoms with Crippen molar-refractivity contribution in [2.75, 3.05) is 0 Å². The zero-order chi connectivity index (χ0) is 9.80. The Balaban J connectivity index is 2.24. The van der Waals surface area contributed by atoms with E-state index in [0.29, 0.717) is 0 Å². The van der Waals surface area contributed by atoms with Gasteiger partial charge in [-0.3, -0.25) is 10.7 Å². The maximum atomic E-state index is 8.90. The summed E-state index contributed by atoms with van der Waals surface area (Å²) in [5.41, 5.74) is 4.11. The first-order valence-corrected chi connectivity index (χ1v) is 4.75. The zero-order valence-corrected chi connectivity index (χ0v) is 7.86. The normalized spacial score (nSPS) is 19.5. The molecule has 0 aromatic carbocycles. The van der Waals surface area contributed by atoms with E-state index in [-0.39, 0.29) is 0 Å². The summed E-state index contributed by atoms with van der Waals surface area (Å²) in [7, 11) is 0. The Labute approximate surface area is 82.7 Å². The van der Waals surface area contributed by atoms with Gasteiger partial charge in [-0.2, -0.15) is 0 Å². The van der Waals surface area contributed by atoms with Gasteiger partial charge in [-0.1, -0.05) is 6.08 Å². The third-order valence-corrected chi connectivity index (χ3v) is 2.32. The first-order valence-electron chi connectivity index (χ1n) is 4.75. The Morgan fingerprint density at radius 1 is 1.50 bits per heavy atom. The van der Waals surface area contributed by atoms with Crippen LogP contribution >= 0.6 is 0 Å². The molecule has 0 fully saturated rings. The van der Waals surface area contributed by atoms with Gasteiger partial charge in [0.1, 0.15) is 5.76 Å². The summed E-state index contributed by atoms with van der Waals surface area (Å²) in [5, 5.41) is 8.90. The molecule has 0 unspecified atom stereocenters. The lowest BCUT2D eigenvalue weighted by Gasteiger charge is -2.14. The van der Waals surface area contributed by atoms with Crippen molar-refractivity contribution in [3.8, 4) is 0 Å². The van der Waals surface area contributed by atoms with Crippen LogP contribution in [0, 0.1) is 0 Å². The first-order chi connectivity index (χ1) is 6.90. The Hall–Kier alpha value is -1.48. The van der Waals surface area contributed by atoms with Crippen LogP contribution in [0.1, 0.15) is 25.0 Å². The van der Waals surface area contributed by atoms with Gasteiger partial charge in [-0.15, -0.1) is 0 Å². The molecular formula is C11H13NO2. The molecule has 3 nitrogen and oxygen atoms in total. The van der Waals surface area contributed by atoms with Gasteiger partial charge in [0.2, 0.25) is 0 Å². The molecule has 1 aromatic rings. The number of hydroxylamine groups is 1. The molecule has 14 heavy (non-hydrogen) atoms. The molecule has 74 valence electrons. The van der Waals surface area contributed by atoms with Gasteiger partial charge < -0.3 is 4.42 Å². The van der Waals surface area contributed by atoms with E-state index in [1.54, 1.807) is 6.26 Å². The van der Waals surface area contributed by atoms with Crippen molar-refractivity contribution < 1.29 is 9.62 Å². The molecule has 0 atom stereocenters. The molecule has 0 amide bonds. The van der Waals surface area contributed by atoms with E-state index in [2.05, 4.69) is 5.48 Å². The van der Waals surface area contributed by atoms with Gasteiger partial charge >= 0.3 is 0 Å². The van der Waals surface area contributed by atoms with E-state index in [4.69, 9.17) is 9.62 Å². The molecule has 0 aliphatic heterocycles. The third kappa shape index (κ3) is 1.88. The van der Waals surface area contributed by atoms with Crippen molar-refractivity contribution in [1.29, 1.82) is 0 Å². The molecule has 0 saturated carbocycles. The zero-order valence-electron chi connectivity index (χ0n) is 7.86. The van der Waals surface area contributed by atoms with Gasteiger partial charge in [0, 0.05) is 0 Å². The number of nitrogens with one attached hydrogen (secondary N) is 1. The molecule has 1 aromatic heterocycles. The Bertz CT molecular complexity index is 349. The van der Waals surface area contributed by atoms with E-state index in [9.17, 15) is 0 Å². The SMILES string of the molecule is ONC1=CCCCC1=Cc1ccco1. The molecule has 2 rings (SSSR count). The minimum absolute atomic E-state index is 0.799. The van der Waals surface area contributed by atoms with Crippen LogP contribution < -0.4 is 5.48 Å². The molecule has 0 bridgehead atoms. The highest BCUT2D eigenvalue weighted by molar-refractivity contribution is 5.54. The number of hydrogen-bond donors (Lipinski definition) is 2. The van der Waals surface area contributed by atoms with Crippen LogP contribution in [0.4, 0.5) is 0 Å². The van der Waals surface area contributed by atoms with Crippen LogP contribution in [-0.2, 0) is 0 Å². The minimum atomic E-state index is 0.799. The van der Waals surface area contributed by atoms with E-state index in [1.165, 1.54) is 0 Å². The standard InChI is InChI=1S/C11H13NO2/c13-12-11-6-2-1-4-9(11)8-10-5-3-7-14-10/h3,5-8,12-13H,1-2,4H2. The van der Waals surface area contributed by atoms with Crippen molar-refractivity contribution in [2.45, 2.75) is 19.3 Å². The minimum Gasteiger partial charge on any atom is -0.465 e. The summed E-state index contributed by atoms with van der Waals surface area (Å²) in [6.07, 6.45) is 8.70. The van der Waals surface area contributed by atoms with Crippen molar-refractivity contribution in [3.05, 3.63) is 41.5 Å². The highest BCUT2D eigenvalue weighted by Crippen LogP contribution is 2.24. The Morgan fingerprint density at radius 3 is 3.14 bits per heavy atom. The Morgan fingerprint density at radius 2 is 2.43 bits per heavy atom. The summed E-state index contributed by atoms with van der Waals surface area (Å²) in [6.45, 7) is 0. The number of allylic oxidation sites excluding steroid dienone is 2. The summed E-state index contributed by atoms with van der Waals surface area (Å²) < 4.78 is 5.22. The molecule has 0 spiro atoms. The maximum absolute atomic E-state index is 8.90. The van der Waals surface area contributed by atoms with Crippen molar-refractivity contribution in [2.24, 2.45) is 0 Å². The van der Waals surface area contributed by atoms with Crippen LogP contribution in [0.5, 0.6) is 0 Å². The smallest absolute Gasteiger partial charge is 0.126 e. The summed E-state index contributed by atoms with van der Waals surface area (Å²) in [4.78, 5) is 0. The van der Waals surface area contributed by atoms with Crippen LogP contribution in [-0.4, -0.2) is 5.21 Å². The lowest BCUT2D eigenvalue weighted by Crippen LogP contribution is -2.11. The average molecular weight is 191 g/mol. The highest BCUT2D eigenvalue weighted by atomic mass is 16.5. The van der Waals surface area contributed by atoms with Crippen LogP contribution in [0.25, 0.3) is 6.08 Å². The van der Waals surface area contributed by atoms with Gasteiger partial charge in [0.05, 0.1) is 12.0 Å². The summed E-state index contributed by atoms with van der Waals surface area (Å²) in [5.74, 6) is 0.822. The van der Waals surface area contributed by atoms with Crippen LogP contribution in [0.2, 0.25) is 0 Å². The van der Waals surface area contributed by atoms with Gasteiger partial charge in [-0.25, -0.2) is 0 Å². The number of furan rings is 1. The van der Waals surface area contributed by atoms with E-state index in [1.807, 2.05) is 24.3 Å². The van der Waals surface area contributed by atoms with Gasteiger partial charge in [-0.05, 0) is 43.0 Å². The first kappa shape index (κ1) is 9.09. The Kier molecular flexibility index (Phi) is 2.70. The molecule has 1 heterocycles. The molecule has 3 heteroatoms. The second kappa shape index (κ2) is 4.15. The fourth-order valence-electron chi connectivity index (χ4n) is 1.62. The van der Waals surface area contributed by atoms with Crippen LogP contribution in [0.3, 0.4) is 0 Å². The predicted molar refractivity (Wildman–Crippen MR) is 53.5 cm³/mol.